The fourth-order valence-corrected chi connectivity index (χ4v) is 6.98. The van der Waals surface area contributed by atoms with E-state index in [1.165, 1.54) is 0 Å². The van der Waals surface area contributed by atoms with E-state index in [9.17, 15) is 9.59 Å². The second-order valence-electron chi connectivity index (χ2n) is 14.3. The van der Waals surface area contributed by atoms with Crippen molar-refractivity contribution in [2.45, 2.75) is 95.8 Å². The predicted molar refractivity (Wildman–Crippen MR) is 155 cm³/mol. The molecule has 4 saturated carbocycles. The van der Waals surface area contributed by atoms with Gasteiger partial charge in [-0.1, -0.05) is 37.2 Å². The largest absolute Gasteiger partial charge is 0.341 e. The number of hydrogen-bond acceptors (Lipinski definition) is 8. The summed E-state index contributed by atoms with van der Waals surface area (Å²) in [4.78, 5) is 39.2. The lowest BCUT2D eigenvalue weighted by molar-refractivity contribution is -0.140. The lowest BCUT2D eigenvalue weighted by atomic mass is 9.53. The van der Waals surface area contributed by atoms with Crippen molar-refractivity contribution < 1.29 is 18.6 Å². The summed E-state index contributed by atoms with van der Waals surface area (Å²) in [5, 5.41) is 8.51. The highest BCUT2D eigenvalue weighted by Gasteiger charge is 2.53. The van der Waals surface area contributed by atoms with Crippen molar-refractivity contribution in [3.63, 3.8) is 0 Å². The van der Waals surface area contributed by atoms with E-state index >= 15 is 0 Å². The minimum atomic E-state index is -0.195. The SMILES string of the molecule is CC(=O)N1CC(C(=O)N(CC23CCC(c4nc(C(C)(C)C)no4)(CC2)CC3)c2cccc(-c3nc(C4CC4)no3)c2)C1. The molecule has 1 saturated heterocycles. The molecule has 3 aromatic rings. The number of nitrogens with zero attached hydrogens (tertiary/aromatic N) is 6. The number of carbonyl (C=O) groups is 2. The van der Waals surface area contributed by atoms with Crippen LogP contribution in [0.15, 0.2) is 33.3 Å². The van der Waals surface area contributed by atoms with Gasteiger partial charge in [-0.3, -0.25) is 9.59 Å². The Bertz CT molecular complexity index is 1480. The lowest BCUT2D eigenvalue weighted by Crippen LogP contribution is -2.58. The molecule has 1 aromatic carbocycles. The molecule has 1 aliphatic heterocycles. The maximum atomic E-state index is 14.1. The molecule has 3 heterocycles. The molecule has 0 unspecified atom stereocenters. The van der Waals surface area contributed by atoms with E-state index in [4.69, 9.17) is 14.0 Å². The molecule has 10 nitrogen and oxygen atoms in total. The van der Waals surface area contributed by atoms with Gasteiger partial charge in [0.25, 0.3) is 5.89 Å². The Kier molecular flexibility index (Phi) is 6.33. The molecule has 2 bridgehead atoms. The Morgan fingerprint density at radius 2 is 1.71 bits per heavy atom. The van der Waals surface area contributed by atoms with E-state index in [0.29, 0.717) is 31.4 Å². The molecular formula is C32H40N6O4. The van der Waals surface area contributed by atoms with E-state index < -0.39 is 0 Å². The fraction of sp³-hybridized carbons (Fsp3) is 0.625. The first-order valence-corrected chi connectivity index (χ1v) is 15.4. The minimum Gasteiger partial charge on any atom is -0.341 e. The van der Waals surface area contributed by atoms with Crippen molar-refractivity contribution in [3.05, 3.63) is 41.8 Å². The highest BCUT2D eigenvalue weighted by atomic mass is 16.5. The van der Waals surface area contributed by atoms with Gasteiger partial charge in [0, 0.05) is 54.6 Å². The molecule has 0 spiro atoms. The Labute approximate surface area is 246 Å². The Morgan fingerprint density at radius 1 is 1.00 bits per heavy atom. The van der Waals surface area contributed by atoms with Gasteiger partial charge in [0.2, 0.25) is 17.7 Å². The number of fused-ring (bicyclic) bond motifs is 3. The molecule has 10 heteroatoms. The quantitative estimate of drug-likeness (QED) is 0.369. The normalized spacial score (nSPS) is 25.9. The summed E-state index contributed by atoms with van der Waals surface area (Å²) in [5.74, 6) is 3.11. The average Bonchev–Trinajstić information content (AvgIpc) is 3.44. The highest BCUT2D eigenvalue weighted by molar-refractivity contribution is 5.97. The topological polar surface area (TPSA) is 118 Å². The monoisotopic (exact) mass is 572 g/mol. The summed E-state index contributed by atoms with van der Waals surface area (Å²) in [6.45, 7) is 9.48. The molecule has 42 heavy (non-hydrogen) atoms. The van der Waals surface area contributed by atoms with Crippen molar-refractivity contribution in [2.75, 3.05) is 24.5 Å². The zero-order valence-corrected chi connectivity index (χ0v) is 25.1. The van der Waals surface area contributed by atoms with Gasteiger partial charge < -0.3 is 18.8 Å². The summed E-state index contributed by atoms with van der Waals surface area (Å²) in [7, 11) is 0. The first kappa shape index (κ1) is 27.3. The van der Waals surface area contributed by atoms with E-state index in [2.05, 4.69) is 36.1 Å². The molecule has 5 fully saturated rings. The van der Waals surface area contributed by atoms with Gasteiger partial charge in [0.15, 0.2) is 11.6 Å². The van der Waals surface area contributed by atoms with Gasteiger partial charge in [0.05, 0.1) is 5.92 Å². The van der Waals surface area contributed by atoms with Crippen molar-refractivity contribution in [2.24, 2.45) is 11.3 Å². The van der Waals surface area contributed by atoms with Gasteiger partial charge in [-0.05, 0) is 75.0 Å². The number of benzene rings is 1. The number of likely N-dealkylation sites (tertiary alicyclic amines) is 1. The van der Waals surface area contributed by atoms with Gasteiger partial charge in [-0.2, -0.15) is 9.97 Å². The first-order chi connectivity index (χ1) is 20.0. The van der Waals surface area contributed by atoms with Crippen LogP contribution in [0.4, 0.5) is 5.69 Å². The number of rotatable bonds is 7. The van der Waals surface area contributed by atoms with Gasteiger partial charge in [0.1, 0.15) is 0 Å². The summed E-state index contributed by atoms with van der Waals surface area (Å²) in [6, 6.07) is 7.92. The van der Waals surface area contributed by atoms with Gasteiger partial charge >= 0.3 is 0 Å². The number of carbonyl (C=O) groups excluding carboxylic acids is 2. The number of hydrogen-bond donors (Lipinski definition) is 0. The van der Waals surface area contributed by atoms with Crippen LogP contribution >= 0.6 is 0 Å². The smallest absolute Gasteiger partial charge is 0.258 e. The highest BCUT2D eigenvalue weighted by Crippen LogP contribution is 2.58. The molecule has 8 rings (SSSR count). The molecule has 2 amide bonds. The number of aromatic nitrogens is 4. The number of anilines is 1. The lowest BCUT2D eigenvalue weighted by Gasteiger charge is -2.53. The predicted octanol–water partition coefficient (Wildman–Crippen LogP) is 5.40. The average molecular weight is 573 g/mol. The van der Waals surface area contributed by atoms with Crippen molar-refractivity contribution in [1.82, 2.24) is 25.2 Å². The van der Waals surface area contributed by atoms with Crippen LogP contribution in [0.1, 0.15) is 103 Å². The van der Waals surface area contributed by atoms with Crippen LogP contribution in [0.3, 0.4) is 0 Å². The number of amides is 2. The van der Waals surface area contributed by atoms with Crippen LogP contribution in [0.2, 0.25) is 0 Å². The minimum absolute atomic E-state index is 0.0144. The zero-order chi connectivity index (χ0) is 29.3. The second kappa shape index (κ2) is 9.74. The fourth-order valence-electron chi connectivity index (χ4n) is 6.98. The van der Waals surface area contributed by atoms with Crippen molar-refractivity contribution in [1.29, 1.82) is 0 Å². The summed E-state index contributed by atoms with van der Waals surface area (Å²) in [5.41, 5.74) is 1.46. The van der Waals surface area contributed by atoms with Crippen molar-refractivity contribution >= 4 is 17.5 Å². The molecule has 0 radical (unpaired) electrons. The van der Waals surface area contributed by atoms with E-state index in [-0.39, 0.29) is 34.0 Å². The molecule has 2 aromatic heterocycles. The molecule has 4 aliphatic carbocycles. The summed E-state index contributed by atoms with van der Waals surface area (Å²) >= 11 is 0. The van der Waals surface area contributed by atoms with Gasteiger partial charge in [-0.15, -0.1) is 0 Å². The standard InChI is InChI=1S/C32H40N6O4/c1-20(39)37-17-23(18-37)27(40)38(24-7-5-6-22(16-24)26-33-25(35-41-26)21-8-9-21)19-31-10-13-32(14-11-31,15-12-31)29-34-28(36-42-29)30(2,3)4/h5-7,16,21,23H,8-15,17-19H2,1-4H3. The molecule has 222 valence electrons. The third-order valence-corrected chi connectivity index (χ3v) is 10.2. The molecule has 5 aliphatic rings. The van der Waals surface area contributed by atoms with E-state index in [1.807, 2.05) is 29.2 Å². The third-order valence-electron chi connectivity index (χ3n) is 10.2. The molecular weight excluding hydrogens is 532 g/mol. The summed E-state index contributed by atoms with van der Waals surface area (Å²) < 4.78 is 11.5. The van der Waals surface area contributed by atoms with Crippen molar-refractivity contribution in [3.8, 4) is 11.5 Å². The first-order valence-electron chi connectivity index (χ1n) is 15.4. The maximum Gasteiger partial charge on any atom is 0.258 e. The Balaban J connectivity index is 1.13. The molecule has 0 N–H and O–H groups in total. The van der Waals surface area contributed by atoms with Crippen LogP contribution < -0.4 is 4.90 Å². The third kappa shape index (κ3) is 4.82. The van der Waals surface area contributed by atoms with E-state index in [0.717, 1.165) is 80.2 Å². The van der Waals surface area contributed by atoms with Gasteiger partial charge in [-0.25, -0.2) is 0 Å². The van der Waals surface area contributed by atoms with Crippen LogP contribution in [-0.4, -0.2) is 56.6 Å². The summed E-state index contributed by atoms with van der Waals surface area (Å²) in [6.07, 6.45) is 8.16. The second-order valence-corrected chi connectivity index (χ2v) is 14.3. The van der Waals surface area contributed by atoms with Crippen LogP contribution in [-0.2, 0) is 20.4 Å². The van der Waals surface area contributed by atoms with Crippen LogP contribution in [0.25, 0.3) is 11.5 Å². The molecule has 0 atom stereocenters. The van der Waals surface area contributed by atoms with Crippen LogP contribution in [0.5, 0.6) is 0 Å². The maximum absolute atomic E-state index is 14.1. The van der Waals surface area contributed by atoms with E-state index in [1.54, 1.807) is 11.8 Å². The van der Waals surface area contributed by atoms with Crippen LogP contribution in [0, 0.1) is 11.3 Å². The zero-order valence-electron chi connectivity index (χ0n) is 25.1. The Hall–Kier alpha value is -3.56. The Morgan fingerprint density at radius 3 is 2.33 bits per heavy atom.